The predicted octanol–water partition coefficient (Wildman–Crippen LogP) is 4.98. The molecule has 1 aromatic carbocycles. The van der Waals surface area contributed by atoms with E-state index in [1.54, 1.807) is 24.7 Å². The predicted molar refractivity (Wildman–Crippen MR) is 145 cm³/mol. The van der Waals surface area contributed by atoms with Crippen molar-refractivity contribution in [1.29, 1.82) is 5.41 Å². The molecule has 2 atom stereocenters. The molecule has 0 amide bonds. The molecule has 10 heteroatoms. The van der Waals surface area contributed by atoms with Crippen LogP contribution in [0.4, 0.5) is 26.1 Å². The van der Waals surface area contributed by atoms with Gasteiger partial charge in [0.1, 0.15) is 11.6 Å². The summed E-state index contributed by atoms with van der Waals surface area (Å²) in [6.45, 7) is 5.04. The number of piperidine rings is 1. The highest BCUT2D eigenvalue weighted by Crippen LogP contribution is 2.31. The van der Waals surface area contributed by atoms with E-state index in [2.05, 4.69) is 32.1 Å². The van der Waals surface area contributed by atoms with Crippen molar-refractivity contribution in [2.24, 2.45) is 11.7 Å². The second-order valence-electron chi connectivity index (χ2n) is 10.2. The highest BCUT2D eigenvalue weighted by atomic mass is 19.1. The number of aromatic amines is 1. The van der Waals surface area contributed by atoms with Gasteiger partial charge in [0, 0.05) is 38.5 Å². The van der Waals surface area contributed by atoms with Crippen molar-refractivity contribution in [2.75, 3.05) is 36.5 Å². The fourth-order valence-corrected chi connectivity index (χ4v) is 5.34. The number of benzene rings is 1. The number of imidazole rings is 1. The molecule has 38 heavy (non-hydrogen) atoms. The van der Waals surface area contributed by atoms with Crippen LogP contribution >= 0.6 is 0 Å². The van der Waals surface area contributed by atoms with E-state index in [0.717, 1.165) is 43.7 Å². The minimum atomic E-state index is -0.732. The maximum absolute atomic E-state index is 14.8. The molecule has 2 unspecified atom stereocenters. The van der Waals surface area contributed by atoms with Crippen molar-refractivity contribution in [3.63, 3.8) is 0 Å². The average molecular weight is 522 g/mol. The molecule has 0 spiro atoms. The van der Waals surface area contributed by atoms with E-state index in [-0.39, 0.29) is 23.2 Å². The molecule has 3 aromatic rings. The Morgan fingerprint density at radius 3 is 2.71 bits per heavy atom. The van der Waals surface area contributed by atoms with Crippen LogP contribution in [0.25, 0.3) is 6.08 Å². The third-order valence-electron chi connectivity index (χ3n) is 7.14. The van der Waals surface area contributed by atoms with Gasteiger partial charge in [-0.1, -0.05) is 6.92 Å². The number of anilines is 3. The Kier molecular flexibility index (Phi) is 7.80. The number of nitrogens with zero attached hydrogens (tertiary/aromatic N) is 3. The number of allylic oxidation sites excluding steroid dienone is 1. The Hall–Kier alpha value is -3.63. The van der Waals surface area contributed by atoms with E-state index in [1.807, 2.05) is 6.07 Å². The number of aromatic nitrogens is 3. The van der Waals surface area contributed by atoms with Gasteiger partial charge in [0.25, 0.3) is 0 Å². The second-order valence-corrected chi connectivity index (χ2v) is 10.2. The number of H-pyrrole nitrogens is 1. The first-order valence-corrected chi connectivity index (χ1v) is 13.0. The first-order chi connectivity index (χ1) is 18.4. The summed E-state index contributed by atoms with van der Waals surface area (Å²) in [4.78, 5) is 14.0. The maximum atomic E-state index is 14.8. The van der Waals surface area contributed by atoms with Crippen LogP contribution in [-0.2, 0) is 4.74 Å². The van der Waals surface area contributed by atoms with Crippen LogP contribution in [-0.4, -0.2) is 53.0 Å². The average Bonchev–Trinajstić information content (AvgIpc) is 3.34. The van der Waals surface area contributed by atoms with Crippen LogP contribution in [0.5, 0.6) is 0 Å². The number of nitrogens with two attached hydrogens (primary N) is 1. The minimum absolute atomic E-state index is 0.0674. The van der Waals surface area contributed by atoms with Gasteiger partial charge in [-0.05, 0) is 67.0 Å². The summed E-state index contributed by atoms with van der Waals surface area (Å²) in [7, 11) is 0. The Bertz CT molecular complexity index is 1290. The lowest BCUT2D eigenvalue weighted by Gasteiger charge is -2.37. The molecule has 2 aliphatic heterocycles. The van der Waals surface area contributed by atoms with Gasteiger partial charge in [0.15, 0.2) is 0 Å². The lowest BCUT2D eigenvalue weighted by molar-refractivity contribution is 0.0852. The van der Waals surface area contributed by atoms with Gasteiger partial charge in [-0.3, -0.25) is 4.98 Å². The van der Waals surface area contributed by atoms with Gasteiger partial charge in [0.05, 0.1) is 40.7 Å². The normalized spacial score (nSPS) is 20.7. The van der Waals surface area contributed by atoms with Crippen LogP contribution in [0.1, 0.15) is 48.9 Å². The topological polar surface area (TPSA) is 116 Å². The van der Waals surface area contributed by atoms with Crippen molar-refractivity contribution in [3.8, 4) is 0 Å². The molecule has 0 saturated carbocycles. The Morgan fingerprint density at radius 2 is 1.97 bits per heavy atom. The number of hydrogen-bond donors (Lipinski definition) is 4. The molecule has 5 N–H and O–H groups in total. The zero-order valence-corrected chi connectivity index (χ0v) is 21.4. The van der Waals surface area contributed by atoms with Gasteiger partial charge >= 0.3 is 0 Å². The van der Waals surface area contributed by atoms with Crippen molar-refractivity contribution in [3.05, 3.63) is 71.3 Å². The second kappa shape index (κ2) is 11.4. The standard InChI is InChI=1S/C28H33F2N7O/c1-17-10-20(31)16-37(15-17)26-4-7-33-14-25(26)36-28-34-13-21(35-28)2-3-24(32)27-22(29)11-19(12-23(27)30)18-5-8-38-9-6-18/h2-4,7,11-14,17-18,20,32H,5-6,8-10,15-16,31H2,1H3,(H2,34,35,36)/b3-2-,32-24?. The number of hydrogen-bond acceptors (Lipinski definition) is 7. The van der Waals surface area contributed by atoms with E-state index < -0.39 is 11.6 Å². The van der Waals surface area contributed by atoms with E-state index in [0.29, 0.717) is 36.3 Å². The molecule has 2 aromatic heterocycles. The van der Waals surface area contributed by atoms with E-state index in [1.165, 1.54) is 18.2 Å². The quantitative estimate of drug-likeness (QED) is 0.326. The lowest BCUT2D eigenvalue weighted by atomic mass is 9.90. The highest BCUT2D eigenvalue weighted by Gasteiger charge is 2.24. The molecular formula is C28H33F2N7O. The molecule has 0 radical (unpaired) electrons. The summed E-state index contributed by atoms with van der Waals surface area (Å²) in [5.41, 5.74) is 8.62. The molecule has 2 fully saturated rings. The Labute approximate surface area is 220 Å². The molecule has 4 heterocycles. The summed E-state index contributed by atoms with van der Waals surface area (Å²) < 4.78 is 35.0. The van der Waals surface area contributed by atoms with Gasteiger partial charge in [-0.25, -0.2) is 13.8 Å². The number of halogens is 2. The molecular weight excluding hydrogens is 488 g/mol. The smallest absolute Gasteiger partial charge is 0.205 e. The number of pyridine rings is 1. The first kappa shape index (κ1) is 26.0. The van der Waals surface area contributed by atoms with Crippen molar-refractivity contribution >= 4 is 29.1 Å². The van der Waals surface area contributed by atoms with Crippen molar-refractivity contribution < 1.29 is 13.5 Å². The third-order valence-corrected chi connectivity index (χ3v) is 7.14. The number of nitrogens with one attached hydrogen (secondary N) is 3. The molecule has 0 aliphatic carbocycles. The molecule has 2 aliphatic rings. The van der Waals surface area contributed by atoms with Crippen molar-refractivity contribution in [1.82, 2.24) is 15.0 Å². The fourth-order valence-electron chi connectivity index (χ4n) is 5.34. The summed E-state index contributed by atoms with van der Waals surface area (Å²) in [6, 6.07) is 4.75. The monoisotopic (exact) mass is 521 g/mol. The van der Waals surface area contributed by atoms with Crippen LogP contribution < -0.4 is 16.0 Å². The van der Waals surface area contributed by atoms with Crippen LogP contribution in [0.3, 0.4) is 0 Å². The fraction of sp³-hybridized carbons (Fsp3) is 0.393. The zero-order valence-electron chi connectivity index (χ0n) is 21.4. The molecule has 2 saturated heterocycles. The lowest BCUT2D eigenvalue weighted by Crippen LogP contribution is -2.46. The van der Waals surface area contributed by atoms with Crippen LogP contribution in [0.2, 0.25) is 0 Å². The zero-order chi connectivity index (χ0) is 26.6. The summed E-state index contributed by atoms with van der Waals surface area (Å²) in [5, 5.41) is 11.5. The molecule has 200 valence electrons. The van der Waals surface area contributed by atoms with Gasteiger partial charge in [0.2, 0.25) is 5.95 Å². The minimum Gasteiger partial charge on any atom is -0.381 e. The van der Waals surface area contributed by atoms with Crippen molar-refractivity contribution in [2.45, 2.75) is 38.1 Å². The molecule has 5 rings (SSSR count). The summed E-state index contributed by atoms with van der Waals surface area (Å²) in [6.07, 6.45) is 10.5. The number of ether oxygens (including phenoxy) is 1. The Balaban J connectivity index is 1.27. The largest absolute Gasteiger partial charge is 0.381 e. The van der Waals surface area contributed by atoms with E-state index in [9.17, 15) is 8.78 Å². The molecule has 8 nitrogen and oxygen atoms in total. The molecule has 0 bridgehead atoms. The number of rotatable bonds is 7. The van der Waals surface area contributed by atoms with Gasteiger partial charge in [-0.15, -0.1) is 0 Å². The third kappa shape index (κ3) is 5.92. The van der Waals surface area contributed by atoms with Crippen LogP contribution in [0, 0.1) is 23.0 Å². The maximum Gasteiger partial charge on any atom is 0.205 e. The SMILES string of the molecule is CC1CC(N)CN(c2ccncc2Nc2ncc(/C=C\C(=N)c3c(F)cc(C4CCOCC4)cc3F)[nH]2)C1. The Morgan fingerprint density at radius 1 is 1.21 bits per heavy atom. The van der Waals surface area contributed by atoms with Gasteiger partial charge in [-0.2, -0.15) is 0 Å². The van der Waals surface area contributed by atoms with E-state index in [4.69, 9.17) is 15.9 Å². The first-order valence-electron chi connectivity index (χ1n) is 13.0. The summed E-state index contributed by atoms with van der Waals surface area (Å²) in [5.74, 6) is -0.424. The van der Waals surface area contributed by atoms with E-state index >= 15 is 0 Å². The highest BCUT2D eigenvalue weighted by molar-refractivity contribution is 6.09. The van der Waals surface area contributed by atoms with Crippen LogP contribution in [0.15, 0.2) is 42.9 Å². The van der Waals surface area contributed by atoms with Gasteiger partial charge < -0.3 is 31.1 Å². The summed E-state index contributed by atoms with van der Waals surface area (Å²) >= 11 is 0.